The molecule has 0 unspecified atom stereocenters. The van der Waals surface area contributed by atoms with Crippen molar-refractivity contribution in [1.82, 2.24) is 15.3 Å². The van der Waals surface area contributed by atoms with Crippen LogP contribution in [0.3, 0.4) is 0 Å². The molecular formula is C16H25N3O2. The van der Waals surface area contributed by atoms with Gasteiger partial charge in [0.2, 0.25) is 5.91 Å². The van der Waals surface area contributed by atoms with Crippen LogP contribution in [0.4, 0.5) is 0 Å². The van der Waals surface area contributed by atoms with E-state index in [0.717, 1.165) is 12.8 Å². The van der Waals surface area contributed by atoms with Crippen molar-refractivity contribution in [2.75, 3.05) is 0 Å². The first-order valence-corrected chi connectivity index (χ1v) is 7.92. The summed E-state index contributed by atoms with van der Waals surface area (Å²) in [5, 5.41) is 3.08. The highest BCUT2D eigenvalue weighted by Gasteiger charge is 2.16. The van der Waals surface area contributed by atoms with Gasteiger partial charge in [0.05, 0.1) is 6.42 Å². The monoisotopic (exact) mass is 291 g/mol. The number of carbonyl (C=O) groups excluding carboxylic acids is 1. The van der Waals surface area contributed by atoms with E-state index >= 15 is 0 Å². The van der Waals surface area contributed by atoms with E-state index in [9.17, 15) is 9.59 Å². The van der Waals surface area contributed by atoms with Crippen LogP contribution in [0, 0.1) is 13.8 Å². The molecule has 1 heterocycles. The highest BCUT2D eigenvalue weighted by atomic mass is 16.2. The van der Waals surface area contributed by atoms with Crippen molar-refractivity contribution < 1.29 is 4.79 Å². The molecule has 0 aliphatic heterocycles. The van der Waals surface area contributed by atoms with Gasteiger partial charge in [-0.2, -0.15) is 0 Å². The maximum Gasteiger partial charge on any atom is 0.254 e. The molecule has 1 aromatic rings. The van der Waals surface area contributed by atoms with Gasteiger partial charge < -0.3 is 10.3 Å². The molecule has 1 aliphatic rings. The van der Waals surface area contributed by atoms with Crippen LogP contribution in [0.5, 0.6) is 0 Å². The Hall–Kier alpha value is -1.65. The molecule has 116 valence electrons. The van der Waals surface area contributed by atoms with E-state index in [4.69, 9.17) is 0 Å². The van der Waals surface area contributed by atoms with Crippen LogP contribution in [-0.4, -0.2) is 21.9 Å². The summed E-state index contributed by atoms with van der Waals surface area (Å²) < 4.78 is 0. The van der Waals surface area contributed by atoms with Crippen molar-refractivity contribution in [3.8, 4) is 0 Å². The van der Waals surface area contributed by atoms with Crippen molar-refractivity contribution in [3.05, 3.63) is 27.4 Å². The number of aryl methyl sites for hydroxylation is 2. The summed E-state index contributed by atoms with van der Waals surface area (Å²) in [5.74, 6) is 0.515. The van der Waals surface area contributed by atoms with E-state index in [0.29, 0.717) is 17.1 Å². The van der Waals surface area contributed by atoms with Crippen molar-refractivity contribution in [2.45, 2.75) is 71.3 Å². The molecule has 2 rings (SSSR count). The molecule has 0 saturated heterocycles. The van der Waals surface area contributed by atoms with Gasteiger partial charge in [0.25, 0.3) is 5.56 Å². The average molecular weight is 291 g/mol. The van der Waals surface area contributed by atoms with Gasteiger partial charge >= 0.3 is 0 Å². The first kappa shape index (κ1) is 15.7. The fourth-order valence-electron chi connectivity index (χ4n) is 3.00. The number of aromatic nitrogens is 2. The Morgan fingerprint density at radius 2 is 1.81 bits per heavy atom. The first-order chi connectivity index (χ1) is 10.1. The summed E-state index contributed by atoms with van der Waals surface area (Å²) in [7, 11) is 0. The zero-order chi connectivity index (χ0) is 15.2. The van der Waals surface area contributed by atoms with Gasteiger partial charge in [-0.1, -0.05) is 32.1 Å². The predicted octanol–water partition coefficient (Wildman–Crippen LogP) is 2.16. The van der Waals surface area contributed by atoms with Crippen molar-refractivity contribution in [3.63, 3.8) is 0 Å². The summed E-state index contributed by atoms with van der Waals surface area (Å²) in [4.78, 5) is 31.0. The van der Waals surface area contributed by atoms with Crippen LogP contribution in [0.25, 0.3) is 0 Å². The molecule has 0 aromatic carbocycles. The first-order valence-electron chi connectivity index (χ1n) is 7.92. The summed E-state index contributed by atoms with van der Waals surface area (Å²) in [6.45, 7) is 3.52. The summed E-state index contributed by atoms with van der Waals surface area (Å²) in [5.41, 5.74) is 0.917. The van der Waals surface area contributed by atoms with Gasteiger partial charge in [0.1, 0.15) is 5.82 Å². The average Bonchev–Trinajstić information content (AvgIpc) is 2.37. The fraction of sp³-hybridized carbons (Fsp3) is 0.688. The Labute approximate surface area is 125 Å². The van der Waals surface area contributed by atoms with E-state index < -0.39 is 0 Å². The molecule has 1 amide bonds. The quantitative estimate of drug-likeness (QED) is 0.896. The Balaban J connectivity index is 1.96. The number of rotatable bonds is 3. The van der Waals surface area contributed by atoms with Gasteiger partial charge in [0, 0.05) is 17.3 Å². The maximum absolute atomic E-state index is 12.2. The molecule has 1 saturated carbocycles. The van der Waals surface area contributed by atoms with Crippen LogP contribution < -0.4 is 10.9 Å². The fourth-order valence-corrected chi connectivity index (χ4v) is 3.00. The van der Waals surface area contributed by atoms with Crippen LogP contribution in [0.1, 0.15) is 62.0 Å². The number of nitrogens with zero attached hydrogens (tertiary/aromatic N) is 1. The Kier molecular flexibility index (Phi) is 5.53. The summed E-state index contributed by atoms with van der Waals surface area (Å²) >= 11 is 0. The minimum atomic E-state index is -0.201. The van der Waals surface area contributed by atoms with Gasteiger partial charge in [-0.25, -0.2) is 4.98 Å². The minimum Gasteiger partial charge on any atom is -0.353 e. The molecule has 5 nitrogen and oxygen atoms in total. The zero-order valence-electron chi connectivity index (χ0n) is 13.0. The van der Waals surface area contributed by atoms with Crippen LogP contribution >= 0.6 is 0 Å². The molecule has 1 aromatic heterocycles. The molecule has 0 bridgehead atoms. The van der Waals surface area contributed by atoms with Crippen molar-refractivity contribution >= 4 is 5.91 Å². The second kappa shape index (κ2) is 7.38. The number of aromatic amines is 1. The second-order valence-electron chi connectivity index (χ2n) is 6.00. The van der Waals surface area contributed by atoms with Gasteiger partial charge in [-0.15, -0.1) is 0 Å². The van der Waals surface area contributed by atoms with Crippen molar-refractivity contribution in [1.29, 1.82) is 0 Å². The summed E-state index contributed by atoms with van der Waals surface area (Å²) in [6, 6.07) is 0.260. The number of H-pyrrole nitrogens is 1. The Bertz CT molecular complexity index is 543. The molecular weight excluding hydrogens is 266 g/mol. The third kappa shape index (κ3) is 4.69. The van der Waals surface area contributed by atoms with Gasteiger partial charge in [-0.3, -0.25) is 9.59 Å². The number of nitrogens with one attached hydrogen (secondary N) is 2. The lowest BCUT2D eigenvalue weighted by atomic mass is 9.96. The largest absolute Gasteiger partial charge is 0.353 e. The normalized spacial score (nSPS) is 17.0. The number of hydrogen-bond donors (Lipinski definition) is 2. The summed E-state index contributed by atoms with van der Waals surface area (Å²) in [6.07, 6.45) is 8.39. The lowest BCUT2D eigenvalue weighted by Gasteiger charge is -2.21. The molecule has 21 heavy (non-hydrogen) atoms. The standard InChI is InChI=1S/C16H25N3O2/c1-11-14(16(21)18-12(2)17-11)10-15(20)19-13-8-6-4-3-5-7-9-13/h13H,3-10H2,1-2H3,(H,19,20)(H,17,18,21). The third-order valence-corrected chi connectivity index (χ3v) is 4.15. The van der Waals surface area contributed by atoms with E-state index in [1.54, 1.807) is 13.8 Å². The minimum absolute atomic E-state index is 0.0696. The molecule has 2 N–H and O–H groups in total. The van der Waals surface area contributed by atoms with E-state index in [2.05, 4.69) is 15.3 Å². The number of carbonyl (C=O) groups is 1. The molecule has 5 heteroatoms. The zero-order valence-corrected chi connectivity index (χ0v) is 13.0. The smallest absolute Gasteiger partial charge is 0.254 e. The Morgan fingerprint density at radius 3 is 2.43 bits per heavy atom. The molecule has 1 fully saturated rings. The van der Waals surface area contributed by atoms with Crippen molar-refractivity contribution in [2.24, 2.45) is 0 Å². The molecule has 0 spiro atoms. The maximum atomic E-state index is 12.2. The lowest BCUT2D eigenvalue weighted by Crippen LogP contribution is -2.37. The number of hydrogen-bond acceptors (Lipinski definition) is 3. The predicted molar refractivity (Wildman–Crippen MR) is 82.3 cm³/mol. The SMILES string of the molecule is Cc1nc(C)c(CC(=O)NC2CCCCCCC2)c(=O)[nH]1. The van der Waals surface area contributed by atoms with Crippen LogP contribution in [-0.2, 0) is 11.2 Å². The van der Waals surface area contributed by atoms with Gasteiger partial charge in [0.15, 0.2) is 0 Å². The van der Waals surface area contributed by atoms with Crippen LogP contribution in [0.15, 0.2) is 4.79 Å². The van der Waals surface area contributed by atoms with E-state index in [1.165, 1.54) is 32.1 Å². The third-order valence-electron chi connectivity index (χ3n) is 4.15. The highest BCUT2D eigenvalue weighted by Crippen LogP contribution is 2.17. The molecule has 0 atom stereocenters. The van der Waals surface area contributed by atoms with E-state index in [-0.39, 0.29) is 23.9 Å². The van der Waals surface area contributed by atoms with Gasteiger partial charge in [-0.05, 0) is 26.7 Å². The topological polar surface area (TPSA) is 74.8 Å². The lowest BCUT2D eigenvalue weighted by molar-refractivity contribution is -0.121. The Morgan fingerprint density at radius 1 is 1.19 bits per heavy atom. The highest BCUT2D eigenvalue weighted by molar-refractivity contribution is 5.79. The molecule has 0 radical (unpaired) electrons. The number of amides is 1. The molecule has 1 aliphatic carbocycles. The van der Waals surface area contributed by atoms with E-state index in [1.807, 2.05) is 0 Å². The van der Waals surface area contributed by atoms with Crippen LogP contribution in [0.2, 0.25) is 0 Å². The second-order valence-corrected chi connectivity index (χ2v) is 6.00.